The molecule has 0 saturated carbocycles. The number of esters is 1. The van der Waals surface area contributed by atoms with Gasteiger partial charge in [0.2, 0.25) is 0 Å². The number of anilines is 1. The summed E-state index contributed by atoms with van der Waals surface area (Å²) < 4.78 is 47.8. The van der Waals surface area contributed by atoms with E-state index in [1.165, 1.54) is 38.5 Å². The van der Waals surface area contributed by atoms with Crippen molar-refractivity contribution in [1.82, 2.24) is 0 Å². The van der Waals surface area contributed by atoms with Crippen LogP contribution >= 0.6 is 0 Å². The van der Waals surface area contributed by atoms with Gasteiger partial charge >= 0.3 is 12.1 Å². The molecule has 0 bridgehead atoms. The normalized spacial score (nSPS) is 10.9. The molecule has 5 nitrogen and oxygen atoms in total. The molecule has 0 spiro atoms. The Kier molecular flexibility index (Phi) is 5.31. The summed E-state index contributed by atoms with van der Waals surface area (Å²) in [6.07, 6.45) is -4.54. The van der Waals surface area contributed by atoms with E-state index in [1.54, 1.807) is 0 Å². The van der Waals surface area contributed by atoms with Crippen LogP contribution in [0.4, 0.5) is 18.9 Å². The number of ether oxygens (including phenoxy) is 2. The number of benzene rings is 2. The van der Waals surface area contributed by atoms with Crippen molar-refractivity contribution in [1.29, 1.82) is 0 Å². The highest BCUT2D eigenvalue weighted by Gasteiger charge is 2.30. The molecule has 2 aromatic carbocycles. The van der Waals surface area contributed by atoms with Gasteiger partial charge < -0.3 is 14.8 Å². The first-order chi connectivity index (χ1) is 11.8. The Morgan fingerprint density at radius 2 is 1.76 bits per heavy atom. The molecule has 2 rings (SSSR count). The van der Waals surface area contributed by atoms with Crippen LogP contribution in [0.2, 0.25) is 0 Å². The number of carbonyl (C=O) groups excluding carboxylic acids is 2. The van der Waals surface area contributed by atoms with E-state index in [1.807, 2.05) is 0 Å². The van der Waals surface area contributed by atoms with Crippen LogP contribution in [0.3, 0.4) is 0 Å². The largest absolute Gasteiger partial charge is 0.496 e. The first kappa shape index (κ1) is 18.3. The van der Waals surface area contributed by atoms with E-state index in [-0.39, 0.29) is 22.6 Å². The minimum absolute atomic E-state index is 0.147. The molecule has 0 heterocycles. The first-order valence-electron chi connectivity index (χ1n) is 7.01. The van der Waals surface area contributed by atoms with Gasteiger partial charge in [0.1, 0.15) is 11.3 Å². The molecule has 1 N–H and O–H groups in total. The highest BCUT2D eigenvalue weighted by Crippen LogP contribution is 2.30. The summed E-state index contributed by atoms with van der Waals surface area (Å²) in [6.45, 7) is 0. The molecule has 0 radical (unpaired) electrons. The number of hydrogen-bond donors (Lipinski definition) is 1. The van der Waals surface area contributed by atoms with Gasteiger partial charge in [-0.2, -0.15) is 13.2 Å². The van der Waals surface area contributed by atoms with Crippen LogP contribution in [0.5, 0.6) is 5.75 Å². The van der Waals surface area contributed by atoms with Crippen LogP contribution < -0.4 is 10.1 Å². The van der Waals surface area contributed by atoms with Crippen LogP contribution in [0, 0.1) is 0 Å². The Morgan fingerprint density at radius 1 is 1.04 bits per heavy atom. The number of carbonyl (C=O) groups is 2. The molecule has 8 heteroatoms. The second-order valence-electron chi connectivity index (χ2n) is 4.94. The van der Waals surface area contributed by atoms with Crippen LogP contribution in [-0.2, 0) is 10.9 Å². The van der Waals surface area contributed by atoms with Gasteiger partial charge in [-0.15, -0.1) is 0 Å². The van der Waals surface area contributed by atoms with E-state index in [0.717, 1.165) is 18.2 Å². The van der Waals surface area contributed by atoms with Gasteiger partial charge in [-0.25, -0.2) is 4.79 Å². The zero-order valence-electron chi connectivity index (χ0n) is 13.3. The number of alkyl halides is 3. The molecular weight excluding hydrogens is 339 g/mol. The van der Waals surface area contributed by atoms with E-state index in [9.17, 15) is 22.8 Å². The minimum atomic E-state index is -4.54. The van der Waals surface area contributed by atoms with Crippen molar-refractivity contribution in [2.75, 3.05) is 19.5 Å². The number of rotatable bonds is 4. The molecule has 0 unspecified atom stereocenters. The molecule has 0 aromatic heterocycles. The van der Waals surface area contributed by atoms with Crippen molar-refractivity contribution in [2.45, 2.75) is 6.18 Å². The fraction of sp³-hybridized carbons (Fsp3) is 0.176. The third-order valence-electron chi connectivity index (χ3n) is 3.32. The maximum atomic E-state index is 12.7. The van der Waals surface area contributed by atoms with Crippen molar-refractivity contribution in [3.63, 3.8) is 0 Å². The van der Waals surface area contributed by atoms with Crippen LogP contribution in [-0.4, -0.2) is 26.1 Å². The molecule has 2 aromatic rings. The molecular formula is C17H14F3NO4. The SMILES string of the molecule is COC(=O)c1ccc(NC(=O)c2cccc(C(F)(F)F)c2)cc1OC. The summed E-state index contributed by atoms with van der Waals surface area (Å²) in [6, 6.07) is 8.23. The monoisotopic (exact) mass is 353 g/mol. The van der Waals surface area contributed by atoms with Gasteiger partial charge in [-0.3, -0.25) is 4.79 Å². The van der Waals surface area contributed by atoms with E-state index >= 15 is 0 Å². The molecule has 0 saturated heterocycles. The number of hydrogen-bond acceptors (Lipinski definition) is 4. The molecule has 1 amide bonds. The van der Waals surface area contributed by atoms with E-state index in [2.05, 4.69) is 10.1 Å². The number of amides is 1. The molecule has 0 aliphatic heterocycles. The second kappa shape index (κ2) is 7.25. The van der Waals surface area contributed by atoms with Crippen molar-refractivity contribution in [2.24, 2.45) is 0 Å². The van der Waals surface area contributed by atoms with Gasteiger partial charge in [0.25, 0.3) is 5.91 Å². The summed E-state index contributed by atoms with van der Waals surface area (Å²) >= 11 is 0. The highest BCUT2D eigenvalue weighted by molar-refractivity contribution is 6.05. The fourth-order valence-corrected chi connectivity index (χ4v) is 2.09. The lowest BCUT2D eigenvalue weighted by molar-refractivity contribution is -0.137. The minimum Gasteiger partial charge on any atom is -0.496 e. The highest BCUT2D eigenvalue weighted by atomic mass is 19.4. The molecule has 0 aliphatic carbocycles. The number of methoxy groups -OCH3 is 2. The predicted octanol–water partition coefficient (Wildman–Crippen LogP) is 3.75. The third kappa shape index (κ3) is 4.28. The topological polar surface area (TPSA) is 64.6 Å². The van der Waals surface area contributed by atoms with Crippen LogP contribution in [0.1, 0.15) is 26.3 Å². The summed E-state index contributed by atoms with van der Waals surface area (Å²) in [4.78, 5) is 23.7. The average Bonchev–Trinajstić information content (AvgIpc) is 2.60. The lowest BCUT2D eigenvalue weighted by atomic mass is 10.1. The van der Waals surface area contributed by atoms with Crippen molar-refractivity contribution < 1.29 is 32.2 Å². The Balaban J connectivity index is 2.25. The van der Waals surface area contributed by atoms with Gasteiger partial charge in [-0.1, -0.05) is 6.07 Å². The summed E-state index contributed by atoms with van der Waals surface area (Å²) in [7, 11) is 2.55. The lowest BCUT2D eigenvalue weighted by Crippen LogP contribution is -2.14. The van der Waals surface area contributed by atoms with E-state index < -0.39 is 23.6 Å². The van der Waals surface area contributed by atoms with Gasteiger partial charge in [-0.05, 0) is 30.3 Å². The zero-order valence-corrected chi connectivity index (χ0v) is 13.3. The van der Waals surface area contributed by atoms with Crippen molar-refractivity contribution >= 4 is 17.6 Å². The van der Waals surface area contributed by atoms with Gasteiger partial charge in [0.15, 0.2) is 0 Å². The Morgan fingerprint density at radius 3 is 2.36 bits per heavy atom. The standard InChI is InChI=1S/C17H14F3NO4/c1-24-14-9-12(6-7-13(14)16(23)25-2)21-15(22)10-4-3-5-11(8-10)17(18,19)20/h3-9H,1-2H3,(H,21,22). The fourth-order valence-electron chi connectivity index (χ4n) is 2.09. The molecule has 132 valence electrons. The third-order valence-corrected chi connectivity index (χ3v) is 3.32. The molecule has 0 atom stereocenters. The summed E-state index contributed by atoms with van der Waals surface area (Å²) in [5.74, 6) is -1.18. The number of nitrogens with one attached hydrogen (secondary N) is 1. The predicted molar refractivity (Wildman–Crippen MR) is 83.7 cm³/mol. The van der Waals surface area contributed by atoms with Crippen LogP contribution in [0.25, 0.3) is 0 Å². The van der Waals surface area contributed by atoms with E-state index in [0.29, 0.717) is 0 Å². The lowest BCUT2D eigenvalue weighted by Gasteiger charge is -2.11. The Hall–Kier alpha value is -3.03. The first-order valence-corrected chi connectivity index (χ1v) is 7.01. The van der Waals surface area contributed by atoms with Crippen molar-refractivity contribution in [3.8, 4) is 5.75 Å². The zero-order chi connectivity index (χ0) is 18.6. The Labute approximate surface area is 141 Å². The summed E-state index contributed by atoms with van der Waals surface area (Å²) in [5.41, 5.74) is -0.654. The van der Waals surface area contributed by atoms with Crippen LogP contribution in [0.15, 0.2) is 42.5 Å². The second-order valence-corrected chi connectivity index (χ2v) is 4.94. The summed E-state index contributed by atoms with van der Waals surface area (Å²) in [5, 5.41) is 2.46. The average molecular weight is 353 g/mol. The van der Waals surface area contributed by atoms with Gasteiger partial charge in [0.05, 0.1) is 19.8 Å². The molecule has 25 heavy (non-hydrogen) atoms. The maximum absolute atomic E-state index is 12.7. The van der Waals surface area contributed by atoms with Crippen molar-refractivity contribution in [3.05, 3.63) is 59.2 Å². The maximum Gasteiger partial charge on any atom is 0.416 e. The Bertz CT molecular complexity index is 803. The molecule has 0 aliphatic rings. The van der Waals surface area contributed by atoms with Gasteiger partial charge in [0, 0.05) is 17.3 Å². The smallest absolute Gasteiger partial charge is 0.416 e. The van der Waals surface area contributed by atoms with E-state index in [4.69, 9.17) is 4.74 Å². The quantitative estimate of drug-likeness (QED) is 0.850. The molecule has 0 fully saturated rings. The number of halogens is 3.